The maximum Gasteiger partial charge on any atom is 0.315 e. The Bertz CT molecular complexity index is 393. The van der Waals surface area contributed by atoms with Crippen LogP contribution in [-0.2, 0) is 4.74 Å². The van der Waals surface area contributed by atoms with Crippen molar-refractivity contribution in [3.05, 3.63) is 0 Å². The SMILES string of the molecule is CC(C)C#CCNC(=O)NCCCCOC(C)SSCCCC(C)C. The van der Waals surface area contributed by atoms with Crippen LogP contribution < -0.4 is 10.6 Å². The van der Waals surface area contributed by atoms with Gasteiger partial charge in [-0.1, -0.05) is 67.5 Å². The molecule has 2 amide bonds. The maximum atomic E-state index is 11.5. The Balaban J connectivity index is 3.39. The zero-order chi connectivity index (χ0) is 18.9. The van der Waals surface area contributed by atoms with Crippen LogP contribution in [0.1, 0.15) is 60.3 Å². The van der Waals surface area contributed by atoms with Crippen LogP contribution in [0.15, 0.2) is 0 Å². The van der Waals surface area contributed by atoms with Gasteiger partial charge in [0.2, 0.25) is 0 Å². The summed E-state index contributed by atoms with van der Waals surface area (Å²) < 4.78 is 5.77. The van der Waals surface area contributed by atoms with Crippen LogP contribution in [0.4, 0.5) is 4.79 Å². The van der Waals surface area contributed by atoms with E-state index in [1.54, 1.807) is 0 Å². The van der Waals surface area contributed by atoms with Crippen molar-refractivity contribution in [2.24, 2.45) is 11.8 Å². The lowest BCUT2D eigenvalue weighted by Crippen LogP contribution is -2.36. The van der Waals surface area contributed by atoms with Gasteiger partial charge in [-0.25, -0.2) is 4.79 Å². The molecule has 4 nitrogen and oxygen atoms in total. The number of hydrogen-bond donors (Lipinski definition) is 2. The predicted octanol–water partition coefficient (Wildman–Crippen LogP) is 4.91. The van der Waals surface area contributed by atoms with Gasteiger partial charge in [-0.3, -0.25) is 0 Å². The van der Waals surface area contributed by atoms with Crippen molar-refractivity contribution < 1.29 is 9.53 Å². The van der Waals surface area contributed by atoms with Crippen LogP contribution in [-0.4, -0.2) is 36.9 Å². The summed E-state index contributed by atoms with van der Waals surface area (Å²) in [4.78, 5) is 11.5. The molecular formula is C19H36N2O2S2. The highest BCUT2D eigenvalue weighted by Crippen LogP contribution is 2.28. The lowest BCUT2D eigenvalue weighted by atomic mass is 10.1. The third-order valence-corrected chi connectivity index (χ3v) is 5.87. The molecule has 0 saturated heterocycles. The van der Waals surface area contributed by atoms with E-state index in [1.807, 2.05) is 35.4 Å². The maximum absolute atomic E-state index is 11.5. The van der Waals surface area contributed by atoms with Gasteiger partial charge < -0.3 is 15.4 Å². The molecule has 1 unspecified atom stereocenters. The molecule has 146 valence electrons. The Morgan fingerprint density at radius 1 is 1.08 bits per heavy atom. The zero-order valence-electron chi connectivity index (χ0n) is 16.5. The Morgan fingerprint density at radius 3 is 2.52 bits per heavy atom. The minimum absolute atomic E-state index is 0.152. The van der Waals surface area contributed by atoms with E-state index >= 15 is 0 Å². The first-order chi connectivity index (χ1) is 11.9. The molecule has 0 heterocycles. The monoisotopic (exact) mass is 388 g/mol. The second kappa shape index (κ2) is 16.9. The van der Waals surface area contributed by atoms with Crippen molar-refractivity contribution in [3.63, 3.8) is 0 Å². The van der Waals surface area contributed by atoms with E-state index in [4.69, 9.17) is 4.74 Å². The fourth-order valence-electron chi connectivity index (χ4n) is 1.84. The standard InChI is InChI=1S/C19H36N2O2S2/c1-16(2)10-8-13-21-19(22)20-12-6-7-14-23-18(5)25-24-15-9-11-17(3)4/h16-18H,6-7,9,11-15H2,1-5H3,(H2,20,21,22). The third kappa shape index (κ3) is 19.7. The largest absolute Gasteiger partial charge is 0.367 e. The van der Waals surface area contributed by atoms with Crippen LogP contribution in [0.5, 0.6) is 0 Å². The molecule has 0 aromatic heterocycles. The first-order valence-corrected chi connectivity index (χ1v) is 11.7. The van der Waals surface area contributed by atoms with Gasteiger partial charge in [0, 0.05) is 24.8 Å². The predicted molar refractivity (Wildman–Crippen MR) is 113 cm³/mol. The first-order valence-electron chi connectivity index (χ1n) is 9.31. The third-order valence-electron chi connectivity index (χ3n) is 3.15. The zero-order valence-corrected chi connectivity index (χ0v) is 18.2. The first kappa shape index (κ1) is 24.5. The number of unbranched alkanes of at least 4 members (excludes halogenated alkanes) is 1. The van der Waals surface area contributed by atoms with Crippen LogP contribution in [0.25, 0.3) is 0 Å². The minimum Gasteiger partial charge on any atom is -0.367 e. The molecule has 0 aromatic rings. The lowest BCUT2D eigenvalue weighted by Gasteiger charge is -2.12. The van der Waals surface area contributed by atoms with Gasteiger partial charge in [0.25, 0.3) is 0 Å². The number of hydrogen-bond acceptors (Lipinski definition) is 4. The number of carbonyl (C=O) groups excluding carboxylic acids is 1. The summed E-state index contributed by atoms with van der Waals surface area (Å²) in [5.74, 6) is 8.25. The van der Waals surface area contributed by atoms with Crippen molar-refractivity contribution in [1.82, 2.24) is 10.6 Å². The smallest absolute Gasteiger partial charge is 0.315 e. The molecule has 0 aliphatic heterocycles. The fourth-order valence-corrected chi connectivity index (χ4v) is 3.95. The molecule has 0 spiro atoms. The molecule has 6 heteroatoms. The van der Waals surface area contributed by atoms with Gasteiger partial charge >= 0.3 is 6.03 Å². The van der Waals surface area contributed by atoms with E-state index in [0.29, 0.717) is 19.0 Å². The number of carbonyl (C=O) groups is 1. The topological polar surface area (TPSA) is 50.4 Å². The highest BCUT2D eigenvalue weighted by atomic mass is 33.1. The lowest BCUT2D eigenvalue weighted by molar-refractivity contribution is 0.121. The summed E-state index contributed by atoms with van der Waals surface area (Å²) in [6.07, 6.45) is 4.45. The Kier molecular flexibility index (Phi) is 16.6. The quantitative estimate of drug-likeness (QED) is 0.204. The van der Waals surface area contributed by atoms with Crippen molar-refractivity contribution in [2.45, 2.75) is 65.7 Å². The number of ether oxygens (including phenoxy) is 1. The van der Waals surface area contributed by atoms with Crippen LogP contribution in [0.2, 0.25) is 0 Å². The molecule has 0 saturated carbocycles. The van der Waals surface area contributed by atoms with E-state index in [1.165, 1.54) is 18.6 Å². The van der Waals surface area contributed by atoms with Crippen molar-refractivity contribution in [2.75, 3.05) is 25.4 Å². The van der Waals surface area contributed by atoms with Crippen molar-refractivity contribution in [3.8, 4) is 11.8 Å². The van der Waals surface area contributed by atoms with Gasteiger partial charge in [0.1, 0.15) is 5.44 Å². The highest BCUT2D eigenvalue weighted by molar-refractivity contribution is 8.76. The van der Waals surface area contributed by atoms with Crippen molar-refractivity contribution >= 4 is 27.6 Å². The molecule has 2 N–H and O–H groups in total. The Morgan fingerprint density at radius 2 is 1.84 bits per heavy atom. The fraction of sp³-hybridized carbons (Fsp3) is 0.842. The van der Waals surface area contributed by atoms with Crippen molar-refractivity contribution in [1.29, 1.82) is 0 Å². The van der Waals surface area contributed by atoms with Gasteiger partial charge in [0.15, 0.2) is 0 Å². The second-order valence-corrected chi connectivity index (χ2v) is 9.47. The van der Waals surface area contributed by atoms with Crippen LogP contribution >= 0.6 is 21.6 Å². The molecule has 0 radical (unpaired) electrons. The van der Waals surface area contributed by atoms with Gasteiger partial charge in [-0.05, 0) is 32.1 Å². The summed E-state index contributed by atoms with van der Waals surface area (Å²) in [5.41, 5.74) is 0.222. The summed E-state index contributed by atoms with van der Waals surface area (Å²) >= 11 is 0. The number of nitrogens with one attached hydrogen (secondary N) is 2. The van der Waals surface area contributed by atoms with E-state index in [-0.39, 0.29) is 11.5 Å². The minimum atomic E-state index is -0.152. The van der Waals surface area contributed by atoms with E-state index in [2.05, 4.69) is 43.2 Å². The summed E-state index contributed by atoms with van der Waals surface area (Å²) in [6.45, 7) is 12.5. The molecule has 0 rings (SSSR count). The molecule has 0 aliphatic rings. The summed E-state index contributed by atoms with van der Waals surface area (Å²) in [6, 6.07) is -0.152. The molecule has 0 fully saturated rings. The van der Waals surface area contributed by atoms with Gasteiger partial charge in [-0.2, -0.15) is 0 Å². The molecule has 0 aromatic carbocycles. The van der Waals surface area contributed by atoms with E-state index in [0.717, 1.165) is 25.4 Å². The van der Waals surface area contributed by atoms with E-state index in [9.17, 15) is 4.79 Å². The normalized spacial score (nSPS) is 12.0. The average molecular weight is 389 g/mol. The van der Waals surface area contributed by atoms with Crippen LogP contribution in [0, 0.1) is 23.7 Å². The van der Waals surface area contributed by atoms with E-state index < -0.39 is 0 Å². The molecule has 1 atom stereocenters. The highest BCUT2D eigenvalue weighted by Gasteiger charge is 2.04. The van der Waals surface area contributed by atoms with Crippen LogP contribution in [0.3, 0.4) is 0 Å². The summed E-state index contributed by atoms with van der Waals surface area (Å²) in [5, 5.41) is 5.56. The number of amides is 2. The molecular weight excluding hydrogens is 352 g/mol. The number of urea groups is 1. The summed E-state index contributed by atoms with van der Waals surface area (Å²) in [7, 11) is 3.71. The molecule has 0 aliphatic carbocycles. The average Bonchev–Trinajstić information content (AvgIpc) is 2.54. The number of rotatable bonds is 13. The van der Waals surface area contributed by atoms with Gasteiger partial charge in [0.05, 0.1) is 6.54 Å². The van der Waals surface area contributed by atoms with Gasteiger partial charge in [-0.15, -0.1) is 0 Å². The Hall–Kier alpha value is -0.510. The Labute approximate surface area is 162 Å². The molecule has 25 heavy (non-hydrogen) atoms. The molecule has 0 bridgehead atoms. The second-order valence-electron chi connectivity index (χ2n) is 6.69.